The zero-order valence-electron chi connectivity index (χ0n) is 20.6. The summed E-state index contributed by atoms with van der Waals surface area (Å²) in [6.07, 6.45) is 4.50. The van der Waals surface area contributed by atoms with Crippen molar-refractivity contribution in [2.75, 3.05) is 18.6 Å². The third-order valence-electron chi connectivity index (χ3n) is 5.12. The molecule has 33 heavy (non-hydrogen) atoms. The first kappa shape index (κ1) is 31.1. The van der Waals surface area contributed by atoms with Crippen LogP contribution in [0.25, 0.3) is 0 Å². The quantitative estimate of drug-likeness (QED) is 0.159. The van der Waals surface area contributed by atoms with Crippen LogP contribution < -0.4 is 27.4 Å². The molecule has 0 aliphatic heterocycles. The summed E-state index contributed by atoms with van der Waals surface area (Å²) >= 11 is 1.51. The standard InChI is InChI=1S/C22H43N5O5S/c1-13(2)12-17(26-19(28)15(24)8-6-7-10-23)21(30)25-16(9-11-33-5)20(29)27-18(14(3)4)22(31)32/h13-18H,6-12,23-24H2,1-5H3,(H,25,30)(H,26,28)(H,27,29)(H,31,32). The minimum atomic E-state index is -1.14. The van der Waals surface area contributed by atoms with Crippen LogP contribution in [-0.4, -0.2) is 71.5 Å². The average Bonchev–Trinajstić information content (AvgIpc) is 2.73. The molecule has 0 saturated carbocycles. The van der Waals surface area contributed by atoms with Gasteiger partial charge in [-0.25, -0.2) is 4.79 Å². The van der Waals surface area contributed by atoms with Gasteiger partial charge in [-0.2, -0.15) is 11.8 Å². The molecule has 0 aliphatic rings. The number of nitrogens with one attached hydrogen (secondary N) is 3. The second-order valence-corrected chi connectivity index (χ2v) is 9.98. The van der Waals surface area contributed by atoms with Crippen LogP contribution in [-0.2, 0) is 19.2 Å². The summed E-state index contributed by atoms with van der Waals surface area (Å²) in [5, 5.41) is 17.3. The molecule has 0 heterocycles. The minimum absolute atomic E-state index is 0.102. The maximum atomic E-state index is 13.0. The van der Waals surface area contributed by atoms with E-state index in [1.54, 1.807) is 13.8 Å². The molecule has 10 nitrogen and oxygen atoms in total. The summed E-state index contributed by atoms with van der Waals surface area (Å²) in [6.45, 7) is 7.75. The summed E-state index contributed by atoms with van der Waals surface area (Å²) in [7, 11) is 0. The highest BCUT2D eigenvalue weighted by molar-refractivity contribution is 7.98. The van der Waals surface area contributed by atoms with Crippen molar-refractivity contribution in [2.24, 2.45) is 23.3 Å². The monoisotopic (exact) mass is 489 g/mol. The number of carbonyl (C=O) groups excluding carboxylic acids is 3. The van der Waals surface area contributed by atoms with Gasteiger partial charge in [0, 0.05) is 0 Å². The molecule has 0 radical (unpaired) electrons. The lowest BCUT2D eigenvalue weighted by Crippen LogP contribution is -2.58. The molecular weight excluding hydrogens is 446 g/mol. The van der Waals surface area contributed by atoms with E-state index in [4.69, 9.17) is 11.5 Å². The topological polar surface area (TPSA) is 177 Å². The van der Waals surface area contributed by atoms with Gasteiger partial charge in [0.1, 0.15) is 18.1 Å². The van der Waals surface area contributed by atoms with Gasteiger partial charge in [0.05, 0.1) is 6.04 Å². The van der Waals surface area contributed by atoms with Gasteiger partial charge in [-0.1, -0.05) is 34.1 Å². The summed E-state index contributed by atoms with van der Waals surface area (Å²) in [5.41, 5.74) is 11.4. The number of carbonyl (C=O) groups is 4. The number of unbranched alkanes of at least 4 members (excludes halogenated alkanes) is 1. The predicted octanol–water partition coefficient (Wildman–Crippen LogP) is 0.437. The van der Waals surface area contributed by atoms with Crippen LogP contribution in [0.3, 0.4) is 0 Å². The largest absolute Gasteiger partial charge is 0.480 e. The Labute approximate surface area is 201 Å². The molecule has 8 N–H and O–H groups in total. The molecule has 0 aliphatic carbocycles. The zero-order chi connectivity index (χ0) is 25.6. The molecule has 11 heteroatoms. The van der Waals surface area contributed by atoms with E-state index >= 15 is 0 Å². The van der Waals surface area contributed by atoms with Gasteiger partial charge in [-0.3, -0.25) is 14.4 Å². The molecule has 4 unspecified atom stereocenters. The lowest BCUT2D eigenvalue weighted by Gasteiger charge is -2.26. The molecule has 192 valence electrons. The fourth-order valence-corrected chi connectivity index (χ4v) is 3.64. The molecule has 0 saturated heterocycles. The number of carboxylic acids is 1. The van der Waals surface area contributed by atoms with E-state index in [0.717, 1.165) is 6.42 Å². The Balaban J connectivity index is 5.37. The molecular formula is C22H43N5O5S. The molecule has 0 fully saturated rings. The van der Waals surface area contributed by atoms with Crippen LogP contribution in [0, 0.1) is 11.8 Å². The predicted molar refractivity (Wildman–Crippen MR) is 132 cm³/mol. The molecule has 3 amide bonds. The molecule has 0 aromatic carbocycles. The maximum Gasteiger partial charge on any atom is 0.326 e. The van der Waals surface area contributed by atoms with Crippen molar-refractivity contribution in [1.29, 1.82) is 0 Å². The smallest absolute Gasteiger partial charge is 0.326 e. The number of thioether (sulfide) groups is 1. The van der Waals surface area contributed by atoms with Crippen molar-refractivity contribution < 1.29 is 24.3 Å². The highest BCUT2D eigenvalue weighted by Crippen LogP contribution is 2.09. The second-order valence-electron chi connectivity index (χ2n) is 8.99. The van der Waals surface area contributed by atoms with Gasteiger partial charge in [0.2, 0.25) is 17.7 Å². The van der Waals surface area contributed by atoms with Crippen LogP contribution in [0.4, 0.5) is 0 Å². The van der Waals surface area contributed by atoms with Crippen molar-refractivity contribution in [2.45, 2.75) is 84.0 Å². The Morgan fingerprint density at radius 3 is 1.94 bits per heavy atom. The van der Waals surface area contributed by atoms with Crippen molar-refractivity contribution >= 4 is 35.5 Å². The fraction of sp³-hybridized carbons (Fsp3) is 0.818. The third-order valence-corrected chi connectivity index (χ3v) is 5.76. The van der Waals surface area contributed by atoms with Gasteiger partial charge in [-0.15, -0.1) is 0 Å². The number of amides is 3. The van der Waals surface area contributed by atoms with Crippen LogP contribution in [0.15, 0.2) is 0 Å². The van der Waals surface area contributed by atoms with E-state index in [1.165, 1.54) is 11.8 Å². The Morgan fingerprint density at radius 1 is 0.879 bits per heavy atom. The van der Waals surface area contributed by atoms with Crippen LogP contribution in [0.1, 0.15) is 59.8 Å². The highest BCUT2D eigenvalue weighted by Gasteiger charge is 2.31. The van der Waals surface area contributed by atoms with Crippen molar-refractivity contribution in [3.05, 3.63) is 0 Å². The number of aliphatic carboxylic acids is 1. The molecule has 0 bridgehead atoms. The Hall–Kier alpha value is -1.85. The van der Waals surface area contributed by atoms with Gasteiger partial charge < -0.3 is 32.5 Å². The second kappa shape index (κ2) is 16.7. The molecule has 0 aromatic heterocycles. The van der Waals surface area contributed by atoms with Gasteiger partial charge >= 0.3 is 5.97 Å². The van der Waals surface area contributed by atoms with Crippen molar-refractivity contribution in [1.82, 2.24) is 16.0 Å². The number of hydrogen-bond acceptors (Lipinski definition) is 7. The van der Waals surface area contributed by atoms with E-state index in [2.05, 4.69) is 16.0 Å². The van der Waals surface area contributed by atoms with E-state index in [1.807, 2.05) is 20.1 Å². The minimum Gasteiger partial charge on any atom is -0.480 e. The first-order valence-electron chi connectivity index (χ1n) is 11.5. The number of hydrogen-bond donors (Lipinski definition) is 6. The molecule has 4 atom stereocenters. The summed E-state index contributed by atoms with van der Waals surface area (Å²) in [5.74, 6) is -2.26. The molecule has 0 rings (SSSR count). The van der Waals surface area contributed by atoms with Crippen molar-refractivity contribution in [3.8, 4) is 0 Å². The van der Waals surface area contributed by atoms with E-state index < -0.39 is 47.9 Å². The Kier molecular flexibility index (Phi) is 15.8. The zero-order valence-corrected chi connectivity index (χ0v) is 21.4. The average molecular weight is 490 g/mol. The summed E-state index contributed by atoms with van der Waals surface area (Å²) in [4.78, 5) is 49.8. The van der Waals surface area contributed by atoms with Gasteiger partial charge in [0.25, 0.3) is 0 Å². The lowest BCUT2D eigenvalue weighted by atomic mass is 10.0. The van der Waals surface area contributed by atoms with Gasteiger partial charge in [0.15, 0.2) is 0 Å². The first-order chi connectivity index (χ1) is 15.4. The SMILES string of the molecule is CSCCC(NC(=O)C(CC(C)C)NC(=O)C(N)CCCCN)C(=O)NC(C(=O)O)C(C)C. The third kappa shape index (κ3) is 12.8. The summed E-state index contributed by atoms with van der Waals surface area (Å²) < 4.78 is 0. The maximum absolute atomic E-state index is 13.0. The van der Waals surface area contributed by atoms with E-state index in [-0.39, 0.29) is 11.8 Å². The lowest BCUT2D eigenvalue weighted by molar-refractivity contribution is -0.143. The van der Waals surface area contributed by atoms with Gasteiger partial charge in [-0.05, 0) is 56.1 Å². The first-order valence-corrected chi connectivity index (χ1v) is 12.9. The van der Waals surface area contributed by atoms with Crippen LogP contribution in [0.2, 0.25) is 0 Å². The number of rotatable bonds is 17. The molecule has 0 spiro atoms. The summed E-state index contributed by atoms with van der Waals surface area (Å²) in [6, 6.07) is -3.60. The van der Waals surface area contributed by atoms with Crippen molar-refractivity contribution in [3.63, 3.8) is 0 Å². The van der Waals surface area contributed by atoms with Crippen LogP contribution >= 0.6 is 11.8 Å². The Morgan fingerprint density at radius 2 is 1.45 bits per heavy atom. The van der Waals surface area contributed by atoms with Crippen LogP contribution in [0.5, 0.6) is 0 Å². The normalized spacial score (nSPS) is 14.9. The van der Waals surface area contributed by atoms with E-state index in [9.17, 15) is 24.3 Å². The van der Waals surface area contributed by atoms with E-state index in [0.29, 0.717) is 38.0 Å². The Bertz CT molecular complexity index is 632. The number of carboxylic acid groups (broad SMARTS) is 1. The molecule has 0 aromatic rings. The fourth-order valence-electron chi connectivity index (χ4n) is 3.17. The highest BCUT2D eigenvalue weighted by atomic mass is 32.2. The number of nitrogens with two attached hydrogens (primary N) is 2.